The molecule has 8 heteroatoms. The van der Waals surface area contributed by atoms with Gasteiger partial charge in [-0.2, -0.15) is 17.4 Å². The zero-order valence-electron chi connectivity index (χ0n) is 14.5. The van der Waals surface area contributed by atoms with Crippen LogP contribution in [0.1, 0.15) is 52.9 Å². The molecule has 0 bridgehead atoms. The molecule has 2 fully saturated rings. The van der Waals surface area contributed by atoms with Gasteiger partial charge < -0.3 is 10.2 Å². The fourth-order valence-corrected chi connectivity index (χ4v) is 4.54. The van der Waals surface area contributed by atoms with E-state index in [9.17, 15) is 13.2 Å². The molecule has 2 N–H and O–H groups in total. The highest BCUT2D eigenvalue weighted by atomic mass is 32.2. The Morgan fingerprint density at radius 1 is 1.00 bits per heavy atom. The molecule has 2 rings (SSSR count). The summed E-state index contributed by atoms with van der Waals surface area (Å²) in [6, 6.07) is -0.157. The van der Waals surface area contributed by atoms with E-state index in [1.54, 1.807) is 9.21 Å². The summed E-state index contributed by atoms with van der Waals surface area (Å²) in [7, 11) is -3.39. The van der Waals surface area contributed by atoms with Gasteiger partial charge in [0, 0.05) is 37.8 Å². The van der Waals surface area contributed by atoms with Crippen LogP contribution in [0.4, 0.5) is 4.79 Å². The number of urea groups is 1. The molecule has 2 heterocycles. The van der Waals surface area contributed by atoms with E-state index >= 15 is 0 Å². The molecule has 0 radical (unpaired) electrons. The summed E-state index contributed by atoms with van der Waals surface area (Å²) < 4.78 is 29.1. The molecule has 0 aromatic carbocycles. The molecule has 134 valence electrons. The molecule has 0 aliphatic carbocycles. The number of rotatable bonds is 3. The molecule has 0 aromatic rings. The van der Waals surface area contributed by atoms with Gasteiger partial charge in [-0.1, -0.05) is 6.42 Å². The molecular weight excluding hydrogens is 316 g/mol. The Hall–Kier alpha value is -0.860. The molecule has 2 aliphatic rings. The lowest BCUT2D eigenvalue weighted by molar-refractivity contribution is 0.171. The first-order chi connectivity index (χ1) is 10.7. The monoisotopic (exact) mass is 346 g/mol. The van der Waals surface area contributed by atoms with Gasteiger partial charge in [0.2, 0.25) is 0 Å². The van der Waals surface area contributed by atoms with Gasteiger partial charge in [-0.05, 0) is 46.5 Å². The summed E-state index contributed by atoms with van der Waals surface area (Å²) in [4.78, 5) is 13.9. The average molecular weight is 346 g/mol. The van der Waals surface area contributed by atoms with Crippen LogP contribution in [0.3, 0.4) is 0 Å². The SMILES string of the molecule is CC(C)(C)NC(=O)N1CCC(NS(=O)(=O)N2CCCCC2)CC1. The molecular formula is C15H30N4O3S. The van der Waals surface area contributed by atoms with Gasteiger partial charge in [-0.3, -0.25) is 0 Å². The summed E-state index contributed by atoms with van der Waals surface area (Å²) in [5.74, 6) is 0. The number of carbonyl (C=O) groups excluding carboxylic acids is 1. The third-order valence-electron chi connectivity index (χ3n) is 4.23. The van der Waals surface area contributed by atoms with Crippen molar-refractivity contribution in [2.24, 2.45) is 0 Å². The molecule has 2 aliphatic heterocycles. The van der Waals surface area contributed by atoms with Crippen LogP contribution in [-0.4, -0.2) is 61.4 Å². The van der Waals surface area contributed by atoms with Gasteiger partial charge in [0.05, 0.1) is 0 Å². The van der Waals surface area contributed by atoms with Crippen LogP contribution in [0.2, 0.25) is 0 Å². The maximum Gasteiger partial charge on any atom is 0.317 e. The van der Waals surface area contributed by atoms with Crippen molar-refractivity contribution in [3.63, 3.8) is 0 Å². The number of hydrogen-bond acceptors (Lipinski definition) is 3. The third-order valence-corrected chi connectivity index (χ3v) is 5.91. The zero-order chi connectivity index (χ0) is 17.1. The third kappa shape index (κ3) is 5.61. The number of nitrogens with one attached hydrogen (secondary N) is 2. The first-order valence-corrected chi connectivity index (χ1v) is 9.96. The highest BCUT2D eigenvalue weighted by molar-refractivity contribution is 7.87. The van der Waals surface area contributed by atoms with E-state index in [1.165, 1.54) is 0 Å². The van der Waals surface area contributed by atoms with E-state index in [1.807, 2.05) is 20.8 Å². The first-order valence-electron chi connectivity index (χ1n) is 8.52. The second-order valence-corrected chi connectivity index (χ2v) is 9.23. The number of hydrogen-bond donors (Lipinski definition) is 2. The van der Waals surface area contributed by atoms with E-state index in [0.29, 0.717) is 39.0 Å². The summed E-state index contributed by atoms with van der Waals surface area (Å²) in [5, 5.41) is 2.94. The van der Waals surface area contributed by atoms with Crippen molar-refractivity contribution in [3.8, 4) is 0 Å². The Labute approximate surface area is 140 Å². The number of carbonyl (C=O) groups is 1. The second-order valence-electron chi connectivity index (χ2n) is 7.52. The lowest BCUT2D eigenvalue weighted by Crippen LogP contribution is -2.54. The second kappa shape index (κ2) is 7.36. The normalized spacial score (nSPS) is 22.1. The number of nitrogens with zero attached hydrogens (tertiary/aromatic N) is 2. The van der Waals surface area contributed by atoms with Gasteiger partial charge in [-0.25, -0.2) is 4.79 Å². The summed E-state index contributed by atoms with van der Waals surface area (Å²) in [6.45, 7) is 8.23. The summed E-state index contributed by atoms with van der Waals surface area (Å²) in [5.41, 5.74) is -0.260. The Morgan fingerprint density at radius 3 is 2.09 bits per heavy atom. The van der Waals surface area contributed by atoms with Crippen molar-refractivity contribution in [3.05, 3.63) is 0 Å². The molecule has 2 saturated heterocycles. The molecule has 0 spiro atoms. The van der Waals surface area contributed by atoms with E-state index in [4.69, 9.17) is 0 Å². The van der Waals surface area contributed by atoms with E-state index < -0.39 is 10.2 Å². The topological polar surface area (TPSA) is 81.8 Å². The van der Waals surface area contributed by atoms with Crippen molar-refractivity contribution in [2.75, 3.05) is 26.2 Å². The van der Waals surface area contributed by atoms with Crippen LogP contribution < -0.4 is 10.0 Å². The van der Waals surface area contributed by atoms with Crippen molar-refractivity contribution < 1.29 is 13.2 Å². The van der Waals surface area contributed by atoms with Crippen LogP contribution in [0.25, 0.3) is 0 Å². The van der Waals surface area contributed by atoms with Crippen LogP contribution >= 0.6 is 0 Å². The number of likely N-dealkylation sites (tertiary alicyclic amines) is 1. The minimum atomic E-state index is -3.39. The smallest absolute Gasteiger partial charge is 0.317 e. The van der Waals surface area contributed by atoms with Crippen LogP contribution in [0.15, 0.2) is 0 Å². The van der Waals surface area contributed by atoms with Gasteiger partial charge in [0.25, 0.3) is 10.2 Å². The number of amides is 2. The molecule has 0 aromatic heterocycles. The molecule has 0 saturated carbocycles. The fourth-order valence-electron chi connectivity index (χ4n) is 2.99. The van der Waals surface area contributed by atoms with Crippen molar-refractivity contribution in [1.82, 2.24) is 19.2 Å². The highest BCUT2D eigenvalue weighted by Gasteiger charge is 2.30. The van der Waals surface area contributed by atoms with Crippen molar-refractivity contribution in [2.45, 2.75) is 64.5 Å². The maximum absolute atomic E-state index is 12.4. The van der Waals surface area contributed by atoms with Gasteiger partial charge in [0.15, 0.2) is 0 Å². The summed E-state index contributed by atoms with van der Waals surface area (Å²) >= 11 is 0. The Morgan fingerprint density at radius 2 is 1.57 bits per heavy atom. The minimum absolute atomic E-state index is 0.0742. The average Bonchev–Trinajstić information content (AvgIpc) is 2.47. The van der Waals surface area contributed by atoms with E-state index in [-0.39, 0.29) is 17.6 Å². The number of piperidine rings is 2. The lowest BCUT2D eigenvalue weighted by atomic mass is 10.1. The Kier molecular flexibility index (Phi) is 5.91. The minimum Gasteiger partial charge on any atom is -0.333 e. The summed E-state index contributed by atoms with van der Waals surface area (Å²) in [6.07, 6.45) is 4.29. The largest absolute Gasteiger partial charge is 0.333 e. The standard InChI is InChI=1S/C15H30N4O3S/c1-15(2,3)16-14(20)18-11-7-13(8-12-18)17-23(21,22)19-9-5-4-6-10-19/h13,17H,4-12H2,1-3H3,(H,16,20). The zero-order valence-corrected chi connectivity index (χ0v) is 15.3. The van der Waals surface area contributed by atoms with Gasteiger partial charge >= 0.3 is 6.03 Å². The van der Waals surface area contributed by atoms with Crippen LogP contribution in [0, 0.1) is 0 Å². The fraction of sp³-hybridized carbons (Fsp3) is 0.933. The van der Waals surface area contributed by atoms with E-state index in [2.05, 4.69) is 10.0 Å². The van der Waals surface area contributed by atoms with Crippen LogP contribution in [-0.2, 0) is 10.2 Å². The van der Waals surface area contributed by atoms with Crippen molar-refractivity contribution >= 4 is 16.2 Å². The molecule has 23 heavy (non-hydrogen) atoms. The lowest BCUT2D eigenvalue weighted by Gasteiger charge is -2.35. The first kappa shape index (κ1) is 18.5. The predicted molar refractivity (Wildman–Crippen MR) is 90.4 cm³/mol. The molecule has 2 amide bonds. The van der Waals surface area contributed by atoms with Crippen LogP contribution in [0.5, 0.6) is 0 Å². The quantitative estimate of drug-likeness (QED) is 0.808. The highest BCUT2D eigenvalue weighted by Crippen LogP contribution is 2.16. The Balaban J connectivity index is 1.81. The van der Waals surface area contributed by atoms with E-state index in [0.717, 1.165) is 19.3 Å². The molecule has 7 nitrogen and oxygen atoms in total. The van der Waals surface area contributed by atoms with Gasteiger partial charge in [0.1, 0.15) is 0 Å². The van der Waals surface area contributed by atoms with Gasteiger partial charge in [-0.15, -0.1) is 0 Å². The predicted octanol–water partition coefficient (Wildman–Crippen LogP) is 1.28. The maximum atomic E-state index is 12.4. The molecule has 0 unspecified atom stereocenters. The van der Waals surface area contributed by atoms with Crippen molar-refractivity contribution in [1.29, 1.82) is 0 Å². The molecule has 0 atom stereocenters. The Bertz CT molecular complexity index is 501.